The number of H-pyrrole nitrogens is 2. The molecule has 7 rings (SSSR count). The molecule has 9 nitrogen and oxygen atoms in total. The number of thiophene rings is 1. The van der Waals surface area contributed by atoms with Crippen molar-refractivity contribution in [2.75, 3.05) is 5.32 Å². The number of aromatic nitrogens is 7. The Morgan fingerprint density at radius 2 is 1.93 bits per heavy atom. The molecule has 40 heavy (non-hydrogen) atoms. The normalized spacial score (nSPS) is 14.2. The Kier molecular flexibility index (Phi) is 6.31. The Hall–Kier alpha value is -4.44. The van der Waals surface area contributed by atoms with Crippen molar-refractivity contribution < 1.29 is 4.79 Å². The third kappa shape index (κ3) is 4.75. The van der Waals surface area contributed by atoms with Gasteiger partial charge in [0.15, 0.2) is 5.82 Å². The van der Waals surface area contributed by atoms with Crippen LogP contribution in [-0.2, 0) is 4.79 Å². The molecule has 1 aliphatic rings. The van der Waals surface area contributed by atoms with Crippen LogP contribution in [0.3, 0.4) is 0 Å². The highest BCUT2D eigenvalue weighted by molar-refractivity contribution is 7.15. The average Bonchev–Trinajstić information content (AvgIpc) is 3.71. The number of carbonyl (C=O) groups is 1. The van der Waals surface area contributed by atoms with E-state index in [1.54, 1.807) is 36.1 Å². The lowest BCUT2D eigenvalue weighted by Crippen LogP contribution is -2.18. The quantitative estimate of drug-likeness (QED) is 0.208. The van der Waals surface area contributed by atoms with Crippen LogP contribution in [0.25, 0.3) is 55.3 Å². The topological polar surface area (TPSA) is 125 Å². The minimum atomic E-state index is 0.0443. The summed E-state index contributed by atoms with van der Waals surface area (Å²) in [5.41, 5.74) is 6.29. The number of amides is 1. The molecule has 6 aromatic rings. The molecule has 200 valence electrons. The maximum absolute atomic E-state index is 12.7. The number of hydrogen-bond donors (Lipinski definition) is 3. The number of carbonyl (C=O) groups excluding carboxylic acids is 1. The summed E-state index contributed by atoms with van der Waals surface area (Å²) in [6.45, 7) is 2.09. The van der Waals surface area contributed by atoms with Crippen LogP contribution < -0.4 is 5.32 Å². The fraction of sp³-hybridized carbons (Fsp3) is 0.267. The van der Waals surface area contributed by atoms with E-state index in [9.17, 15) is 4.79 Å². The summed E-state index contributed by atoms with van der Waals surface area (Å²) >= 11 is 1.70. The number of anilines is 1. The third-order valence-corrected chi connectivity index (χ3v) is 8.57. The standard InChI is InChI=1S/C30H28N8OS/c1-17-7-8-25(40-17)29-28-22(9-10-32-29)35-30(36-28)27-21-13-23(33-16-24(21)37-38-27)19-12-20(15-31-14-19)34-26(39)11-18-5-3-2-4-6-18/h7-10,12-16,18H,2-6,11H2,1H3,(H,34,39)(H,35,36)(H,37,38). The highest BCUT2D eigenvalue weighted by Gasteiger charge is 2.19. The van der Waals surface area contributed by atoms with Gasteiger partial charge in [0.2, 0.25) is 5.91 Å². The first-order valence-corrected chi connectivity index (χ1v) is 14.4. The van der Waals surface area contributed by atoms with Gasteiger partial charge < -0.3 is 10.3 Å². The summed E-state index contributed by atoms with van der Waals surface area (Å²) in [4.78, 5) is 36.9. The van der Waals surface area contributed by atoms with Crippen molar-refractivity contribution in [2.45, 2.75) is 45.4 Å². The summed E-state index contributed by atoms with van der Waals surface area (Å²) in [6.07, 6.45) is 13.6. The van der Waals surface area contributed by atoms with Crippen molar-refractivity contribution in [1.29, 1.82) is 0 Å². The van der Waals surface area contributed by atoms with E-state index in [0.717, 1.165) is 56.6 Å². The van der Waals surface area contributed by atoms with E-state index in [1.807, 2.05) is 18.2 Å². The number of aryl methyl sites for hydroxylation is 1. The van der Waals surface area contributed by atoms with Gasteiger partial charge in [0, 0.05) is 34.6 Å². The fourth-order valence-corrected chi connectivity index (χ4v) is 6.42. The molecule has 1 saturated carbocycles. The van der Waals surface area contributed by atoms with Crippen LogP contribution in [0.4, 0.5) is 5.69 Å². The van der Waals surface area contributed by atoms with Gasteiger partial charge in [0.25, 0.3) is 0 Å². The predicted octanol–water partition coefficient (Wildman–Crippen LogP) is 6.90. The average molecular weight is 549 g/mol. The zero-order chi connectivity index (χ0) is 27.1. The fourth-order valence-electron chi connectivity index (χ4n) is 5.56. The molecule has 0 saturated heterocycles. The van der Waals surface area contributed by atoms with E-state index >= 15 is 0 Å². The van der Waals surface area contributed by atoms with Gasteiger partial charge in [0.1, 0.15) is 16.9 Å². The second-order valence-electron chi connectivity index (χ2n) is 10.5. The number of aromatic amines is 2. The van der Waals surface area contributed by atoms with E-state index in [-0.39, 0.29) is 5.91 Å². The largest absolute Gasteiger partial charge is 0.336 e. The SMILES string of the molecule is Cc1ccc(-c2nccc3[nH]c(-c4n[nH]c5cnc(-c6cncc(NC(=O)CC7CCCCC7)c6)cc45)nc23)s1. The monoisotopic (exact) mass is 548 g/mol. The zero-order valence-corrected chi connectivity index (χ0v) is 22.9. The number of nitrogens with one attached hydrogen (secondary N) is 3. The first-order chi connectivity index (χ1) is 19.6. The van der Waals surface area contributed by atoms with Crippen LogP contribution in [0.15, 0.2) is 55.1 Å². The maximum Gasteiger partial charge on any atom is 0.224 e. The van der Waals surface area contributed by atoms with Crippen LogP contribution >= 0.6 is 11.3 Å². The number of hydrogen-bond acceptors (Lipinski definition) is 7. The minimum absolute atomic E-state index is 0.0443. The minimum Gasteiger partial charge on any atom is -0.336 e. The third-order valence-electron chi connectivity index (χ3n) is 7.56. The van der Waals surface area contributed by atoms with Crippen LogP contribution in [0, 0.1) is 12.8 Å². The Morgan fingerprint density at radius 1 is 1.02 bits per heavy atom. The van der Waals surface area contributed by atoms with Crippen molar-refractivity contribution in [1.82, 2.24) is 35.1 Å². The van der Waals surface area contributed by atoms with Gasteiger partial charge in [-0.3, -0.25) is 24.8 Å². The van der Waals surface area contributed by atoms with Gasteiger partial charge in [0.05, 0.1) is 39.7 Å². The molecular weight excluding hydrogens is 520 g/mol. The molecule has 1 amide bonds. The highest BCUT2D eigenvalue weighted by atomic mass is 32.1. The van der Waals surface area contributed by atoms with E-state index in [4.69, 9.17) is 4.98 Å². The van der Waals surface area contributed by atoms with Crippen LogP contribution in [0.2, 0.25) is 0 Å². The van der Waals surface area contributed by atoms with E-state index in [2.05, 4.69) is 54.5 Å². The lowest BCUT2D eigenvalue weighted by molar-refractivity contribution is -0.117. The van der Waals surface area contributed by atoms with Gasteiger partial charge >= 0.3 is 0 Å². The maximum atomic E-state index is 12.7. The lowest BCUT2D eigenvalue weighted by Gasteiger charge is -2.20. The van der Waals surface area contributed by atoms with Crippen LogP contribution in [0.5, 0.6) is 0 Å². The molecule has 1 fully saturated rings. The molecule has 10 heteroatoms. The lowest BCUT2D eigenvalue weighted by atomic mass is 9.87. The van der Waals surface area contributed by atoms with E-state index in [0.29, 0.717) is 29.5 Å². The summed E-state index contributed by atoms with van der Waals surface area (Å²) in [5, 5.41) is 11.6. The molecule has 6 aromatic heterocycles. The van der Waals surface area contributed by atoms with E-state index < -0.39 is 0 Å². The van der Waals surface area contributed by atoms with Crippen molar-refractivity contribution in [3.05, 3.63) is 60.0 Å². The molecule has 6 heterocycles. The molecule has 0 radical (unpaired) electrons. The number of nitrogens with zero attached hydrogens (tertiary/aromatic N) is 5. The molecule has 0 bridgehead atoms. The Morgan fingerprint density at radius 3 is 2.77 bits per heavy atom. The van der Waals surface area contributed by atoms with E-state index in [1.165, 1.54) is 24.1 Å². The number of rotatable bonds is 6. The van der Waals surface area contributed by atoms with Crippen molar-refractivity contribution >= 4 is 44.9 Å². The highest BCUT2D eigenvalue weighted by Crippen LogP contribution is 2.34. The second-order valence-corrected chi connectivity index (χ2v) is 11.7. The smallest absolute Gasteiger partial charge is 0.224 e. The van der Waals surface area contributed by atoms with Gasteiger partial charge in [-0.25, -0.2) is 4.98 Å². The number of imidazole rings is 1. The van der Waals surface area contributed by atoms with Gasteiger partial charge in [-0.2, -0.15) is 5.10 Å². The molecule has 0 aliphatic heterocycles. The molecule has 0 spiro atoms. The van der Waals surface area contributed by atoms with Crippen molar-refractivity contribution in [3.8, 4) is 33.3 Å². The zero-order valence-electron chi connectivity index (χ0n) is 22.1. The Balaban J connectivity index is 1.19. The van der Waals surface area contributed by atoms with Crippen LogP contribution in [0.1, 0.15) is 43.4 Å². The Labute approximate surface area is 234 Å². The summed E-state index contributed by atoms with van der Waals surface area (Å²) in [7, 11) is 0. The van der Waals surface area contributed by atoms with Gasteiger partial charge in [-0.15, -0.1) is 11.3 Å². The molecule has 1 aliphatic carbocycles. The molecular formula is C30H28N8OS. The second kappa shape index (κ2) is 10.3. The Bertz CT molecular complexity index is 1850. The summed E-state index contributed by atoms with van der Waals surface area (Å²) in [5.74, 6) is 1.18. The number of fused-ring (bicyclic) bond motifs is 2. The van der Waals surface area contributed by atoms with Crippen molar-refractivity contribution in [3.63, 3.8) is 0 Å². The summed E-state index contributed by atoms with van der Waals surface area (Å²) in [6, 6.07) is 10.0. The molecule has 0 unspecified atom stereocenters. The predicted molar refractivity (Wildman–Crippen MR) is 158 cm³/mol. The first kappa shape index (κ1) is 24.6. The van der Waals surface area contributed by atoms with Gasteiger partial charge in [-0.05, 0) is 56.0 Å². The van der Waals surface area contributed by atoms with Crippen molar-refractivity contribution in [2.24, 2.45) is 5.92 Å². The first-order valence-electron chi connectivity index (χ1n) is 13.6. The summed E-state index contributed by atoms with van der Waals surface area (Å²) < 4.78 is 0. The molecule has 3 N–H and O–H groups in total. The number of pyridine rings is 3. The van der Waals surface area contributed by atoms with Crippen LogP contribution in [-0.4, -0.2) is 41.0 Å². The molecule has 0 aromatic carbocycles. The molecule has 0 atom stereocenters. The van der Waals surface area contributed by atoms with Gasteiger partial charge in [-0.1, -0.05) is 19.3 Å².